The smallest absolute Gasteiger partial charge is 0.348 e. The highest BCUT2D eigenvalue weighted by Crippen LogP contribution is 2.31. The van der Waals surface area contributed by atoms with Gasteiger partial charge in [-0.3, -0.25) is 4.79 Å². The van der Waals surface area contributed by atoms with Gasteiger partial charge in [0.1, 0.15) is 4.88 Å². The van der Waals surface area contributed by atoms with Crippen molar-refractivity contribution in [2.45, 2.75) is 13.8 Å². The Hall–Kier alpha value is -1.36. The van der Waals surface area contributed by atoms with Gasteiger partial charge in [0.05, 0.1) is 17.7 Å². The van der Waals surface area contributed by atoms with Crippen LogP contribution in [0.4, 0.5) is 5.00 Å². The van der Waals surface area contributed by atoms with Gasteiger partial charge in [-0.1, -0.05) is 0 Å². The summed E-state index contributed by atoms with van der Waals surface area (Å²) in [4.78, 5) is 22.8. The molecule has 0 saturated carbocycles. The molecular formula is C9H11NO3S. The number of nitrogens with two attached hydrogens (primary N) is 1. The van der Waals surface area contributed by atoms with Gasteiger partial charge >= 0.3 is 5.97 Å². The third-order valence-corrected chi connectivity index (χ3v) is 3.00. The minimum atomic E-state index is -0.452. The molecule has 0 aliphatic heterocycles. The van der Waals surface area contributed by atoms with E-state index in [0.717, 1.165) is 11.3 Å². The maximum absolute atomic E-state index is 11.2. The number of hydrogen-bond donors (Lipinski definition) is 1. The lowest BCUT2D eigenvalue weighted by atomic mass is 10.1. The van der Waals surface area contributed by atoms with E-state index in [4.69, 9.17) is 5.73 Å². The molecule has 0 aliphatic rings. The van der Waals surface area contributed by atoms with Crippen molar-refractivity contribution in [2.75, 3.05) is 12.8 Å². The number of carbonyl (C=O) groups is 2. The van der Waals surface area contributed by atoms with E-state index in [1.807, 2.05) is 0 Å². The number of methoxy groups -OCH3 is 1. The summed E-state index contributed by atoms with van der Waals surface area (Å²) >= 11 is 1.08. The molecule has 0 unspecified atom stereocenters. The monoisotopic (exact) mass is 213 g/mol. The molecule has 1 rings (SSSR count). The quantitative estimate of drug-likeness (QED) is 0.598. The van der Waals surface area contributed by atoms with Crippen LogP contribution in [0.5, 0.6) is 0 Å². The Balaban J connectivity index is 3.30. The molecule has 1 aromatic rings. The molecule has 0 atom stereocenters. The lowest BCUT2D eigenvalue weighted by Crippen LogP contribution is -2.02. The van der Waals surface area contributed by atoms with Crippen molar-refractivity contribution in [1.82, 2.24) is 0 Å². The number of anilines is 1. The van der Waals surface area contributed by atoms with Crippen LogP contribution in [-0.4, -0.2) is 18.9 Å². The van der Waals surface area contributed by atoms with Gasteiger partial charge in [0, 0.05) is 0 Å². The van der Waals surface area contributed by atoms with Gasteiger partial charge in [-0.25, -0.2) is 4.79 Å². The van der Waals surface area contributed by atoms with E-state index in [1.54, 1.807) is 6.92 Å². The molecule has 5 heteroatoms. The summed E-state index contributed by atoms with van der Waals surface area (Å²) in [5, 5.41) is 0.371. The number of Topliss-reactive ketones (excluding diaryl/α,β-unsaturated/α-hetero) is 1. The Labute approximate surface area is 85.7 Å². The van der Waals surface area contributed by atoms with Gasteiger partial charge in [-0.15, -0.1) is 11.3 Å². The highest BCUT2D eigenvalue weighted by Gasteiger charge is 2.21. The van der Waals surface area contributed by atoms with Crippen molar-refractivity contribution in [3.63, 3.8) is 0 Å². The van der Waals surface area contributed by atoms with Crippen LogP contribution in [0.2, 0.25) is 0 Å². The zero-order valence-electron chi connectivity index (χ0n) is 8.21. The van der Waals surface area contributed by atoms with Crippen LogP contribution in [-0.2, 0) is 4.74 Å². The second kappa shape index (κ2) is 3.79. The summed E-state index contributed by atoms with van der Waals surface area (Å²) in [5.41, 5.74) is 6.66. The number of ketones is 1. The van der Waals surface area contributed by atoms with Crippen molar-refractivity contribution < 1.29 is 14.3 Å². The standard InChI is InChI=1S/C9H11NO3S/c1-4-6(5(2)11)8(10)14-7(4)9(12)13-3/h10H2,1-3H3. The van der Waals surface area contributed by atoms with E-state index in [0.29, 0.717) is 21.0 Å². The molecule has 14 heavy (non-hydrogen) atoms. The molecule has 1 heterocycles. The van der Waals surface area contributed by atoms with Gasteiger partial charge in [0.2, 0.25) is 0 Å². The number of carbonyl (C=O) groups excluding carboxylic acids is 2. The topological polar surface area (TPSA) is 69.4 Å². The van der Waals surface area contributed by atoms with E-state index in [9.17, 15) is 9.59 Å². The summed E-state index contributed by atoms with van der Waals surface area (Å²) < 4.78 is 4.57. The molecule has 0 aromatic carbocycles. The zero-order valence-corrected chi connectivity index (χ0v) is 9.03. The highest BCUT2D eigenvalue weighted by molar-refractivity contribution is 7.18. The van der Waals surface area contributed by atoms with Gasteiger partial charge in [-0.2, -0.15) is 0 Å². The first-order valence-corrected chi connectivity index (χ1v) is 4.78. The van der Waals surface area contributed by atoms with Crippen LogP contribution >= 0.6 is 11.3 Å². The maximum Gasteiger partial charge on any atom is 0.348 e. The largest absolute Gasteiger partial charge is 0.465 e. The van der Waals surface area contributed by atoms with E-state index in [1.165, 1.54) is 14.0 Å². The van der Waals surface area contributed by atoms with Crippen LogP contribution in [0.1, 0.15) is 32.5 Å². The number of thiophene rings is 1. The molecule has 1 aromatic heterocycles. The summed E-state index contributed by atoms with van der Waals surface area (Å²) in [7, 11) is 1.30. The number of rotatable bonds is 2. The number of hydrogen-bond acceptors (Lipinski definition) is 5. The predicted molar refractivity (Wildman–Crippen MR) is 54.8 cm³/mol. The Kier molecular flexibility index (Phi) is 2.90. The van der Waals surface area contributed by atoms with Crippen LogP contribution < -0.4 is 5.73 Å². The summed E-state index contributed by atoms with van der Waals surface area (Å²) in [6.45, 7) is 3.11. The van der Waals surface area contributed by atoms with E-state index in [2.05, 4.69) is 4.74 Å². The first kappa shape index (κ1) is 10.7. The van der Waals surface area contributed by atoms with Gasteiger partial charge < -0.3 is 10.5 Å². The summed E-state index contributed by atoms with van der Waals surface area (Å²) in [5.74, 6) is -0.585. The molecule has 0 saturated heterocycles. The minimum Gasteiger partial charge on any atom is -0.465 e. The third-order valence-electron chi connectivity index (χ3n) is 1.90. The third kappa shape index (κ3) is 1.63. The van der Waals surface area contributed by atoms with Gasteiger partial charge in [-0.05, 0) is 19.4 Å². The van der Waals surface area contributed by atoms with Crippen molar-refractivity contribution in [3.8, 4) is 0 Å². The molecular weight excluding hydrogens is 202 g/mol. The first-order valence-electron chi connectivity index (χ1n) is 3.97. The molecule has 0 radical (unpaired) electrons. The minimum absolute atomic E-state index is 0.133. The van der Waals surface area contributed by atoms with Gasteiger partial charge in [0.15, 0.2) is 5.78 Å². The average molecular weight is 213 g/mol. The fourth-order valence-electron chi connectivity index (χ4n) is 1.26. The molecule has 0 amide bonds. The molecule has 76 valence electrons. The number of nitrogen functional groups attached to an aromatic ring is 1. The van der Waals surface area contributed by atoms with Crippen molar-refractivity contribution in [2.24, 2.45) is 0 Å². The molecule has 0 aliphatic carbocycles. The normalized spacial score (nSPS) is 9.93. The van der Waals surface area contributed by atoms with E-state index in [-0.39, 0.29) is 5.78 Å². The Morgan fingerprint density at radius 3 is 2.36 bits per heavy atom. The second-order valence-electron chi connectivity index (χ2n) is 2.84. The fourth-order valence-corrected chi connectivity index (χ4v) is 2.30. The molecule has 0 spiro atoms. The molecule has 2 N–H and O–H groups in total. The van der Waals surface area contributed by atoms with E-state index >= 15 is 0 Å². The molecule has 0 bridgehead atoms. The molecule has 0 fully saturated rings. The van der Waals surface area contributed by atoms with E-state index < -0.39 is 5.97 Å². The fraction of sp³-hybridized carbons (Fsp3) is 0.333. The van der Waals surface area contributed by atoms with Gasteiger partial charge in [0.25, 0.3) is 0 Å². The zero-order chi connectivity index (χ0) is 10.9. The van der Waals surface area contributed by atoms with Crippen LogP contribution in [0.15, 0.2) is 0 Å². The first-order chi connectivity index (χ1) is 6.49. The summed E-state index contributed by atoms with van der Waals surface area (Å²) in [6.07, 6.45) is 0. The van der Waals surface area contributed by atoms with Crippen molar-refractivity contribution >= 4 is 28.1 Å². The maximum atomic E-state index is 11.2. The Morgan fingerprint density at radius 1 is 1.43 bits per heavy atom. The Morgan fingerprint density at radius 2 is 2.00 bits per heavy atom. The van der Waals surface area contributed by atoms with Crippen LogP contribution in [0.25, 0.3) is 0 Å². The SMILES string of the molecule is COC(=O)c1sc(N)c(C(C)=O)c1C. The molecule has 4 nitrogen and oxygen atoms in total. The Bertz CT molecular complexity index is 395. The lowest BCUT2D eigenvalue weighted by Gasteiger charge is -1.97. The van der Waals surface area contributed by atoms with Crippen molar-refractivity contribution in [3.05, 3.63) is 16.0 Å². The van der Waals surface area contributed by atoms with Crippen molar-refractivity contribution in [1.29, 1.82) is 0 Å². The van der Waals surface area contributed by atoms with Crippen LogP contribution in [0.3, 0.4) is 0 Å². The van der Waals surface area contributed by atoms with Crippen LogP contribution in [0, 0.1) is 6.92 Å². The highest BCUT2D eigenvalue weighted by atomic mass is 32.1. The summed E-state index contributed by atoms with van der Waals surface area (Å²) in [6, 6.07) is 0. The second-order valence-corrected chi connectivity index (χ2v) is 3.90. The number of esters is 1. The predicted octanol–water partition coefficient (Wildman–Crippen LogP) is 1.63. The average Bonchev–Trinajstić information content (AvgIpc) is 2.40. The number of ether oxygens (including phenoxy) is 1. The lowest BCUT2D eigenvalue weighted by molar-refractivity contribution is 0.0605.